The first-order chi connectivity index (χ1) is 7.26. The predicted octanol–water partition coefficient (Wildman–Crippen LogP) is 3.30. The van der Waals surface area contributed by atoms with Crippen LogP contribution in [0.15, 0.2) is 48.8 Å². The van der Waals surface area contributed by atoms with Gasteiger partial charge < -0.3 is 9.47 Å². The molecular weight excluding hydrogens is 188 g/mol. The molecule has 0 fully saturated rings. The average molecular weight is 204 g/mol. The summed E-state index contributed by atoms with van der Waals surface area (Å²) >= 11 is 0. The monoisotopic (exact) mass is 204 g/mol. The Kier molecular flexibility index (Phi) is 4.48. The van der Waals surface area contributed by atoms with E-state index in [0.29, 0.717) is 6.61 Å². The molecule has 0 unspecified atom stereocenters. The summed E-state index contributed by atoms with van der Waals surface area (Å²) in [5.74, 6) is 1.72. The van der Waals surface area contributed by atoms with Crippen molar-refractivity contribution < 1.29 is 9.47 Å². The molecule has 0 aromatic heterocycles. The summed E-state index contributed by atoms with van der Waals surface area (Å²) < 4.78 is 10.6. The molecule has 2 heteroatoms. The largest absolute Gasteiger partial charge is 0.497 e. The van der Waals surface area contributed by atoms with Gasteiger partial charge in [-0.15, -0.1) is 0 Å². The maximum Gasteiger partial charge on any atom is 0.118 e. The van der Waals surface area contributed by atoms with Crippen LogP contribution in [-0.4, -0.2) is 7.11 Å². The van der Waals surface area contributed by atoms with Crippen LogP contribution < -0.4 is 4.74 Å². The molecule has 1 rings (SSSR count). The third-order valence-electron chi connectivity index (χ3n) is 1.98. The summed E-state index contributed by atoms with van der Waals surface area (Å²) in [6.07, 6.45) is 3.55. The van der Waals surface area contributed by atoms with Crippen LogP contribution in [0.25, 0.3) is 0 Å². The third-order valence-corrected chi connectivity index (χ3v) is 1.98. The number of rotatable bonds is 5. The number of ether oxygens (including phenoxy) is 2. The van der Waals surface area contributed by atoms with Gasteiger partial charge in [-0.05, 0) is 30.7 Å². The molecular formula is C13H16O2. The molecule has 0 bridgehead atoms. The minimum atomic E-state index is 0.570. The molecule has 0 aliphatic heterocycles. The van der Waals surface area contributed by atoms with E-state index in [-0.39, 0.29) is 0 Å². The Labute approximate surface area is 90.8 Å². The number of benzene rings is 1. The van der Waals surface area contributed by atoms with E-state index >= 15 is 0 Å². The van der Waals surface area contributed by atoms with Gasteiger partial charge in [0.2, 0.25) is 0 Å². The minimum absolute atomic E-state index is 0.570. The van der Waals surface area contributed by atoms with Gasteiger partial charge in [0.1, 0.15) is 12.4 Å². The van der Waals surface area contributed by atoms with Crippen LogP contribution in [0, 0.1) is 0 Å². The number of allylic oxidation sites excluding steroid dienone is 3. The number of methoxy groups -OCH3 is 1. The van der Waals surface area contributed by atoms with Gasteiger partial charge in [-0.2, -0.15) is 0 Å². The van der Waals surface area contributed by atoms with Gasteiger partial charge in [0.25, 0.3) is 0 Å². The van der Waals surface area contributed by atoms with Crippen LogP contribution in [-0.2, 0) is 11.3 Å². The second-order valence-electron chi connectivity index (χ2n) is 3.15. The van der Waals surface area contributed by atoms with Crippen molar-refractivity contribution in [2.45, 2.75) is 13.5 Å². The Morgan fingerprint density at radius 2 is 2.00 bits per heavy atom. The normalized spacial score (nSPS) is 10.9. The Morgan fingerprint density at radius 3 is 2.53 bits per heavy atom. The molecule has 15 heavy (non-hydrogen) atoms. The molecule has 0 saturated heterocycles. The van der Waals surface area contributed by atoms with E-state index in [2.05, 4.69) is 6.58 Å². The lowest BCUT2D eigenvalue weighted by Crippen LogP contribution is -1.91. The van der Waals surface area contributed by atoms with E-state index in [4.69, 9.17) is 9.47 Å². The van der Waals surface area contributed by atoms with Crippen molar-refractivity contribution in [3.8, 4) is 5.75 Å². The average Bonchev–Trinajstić information content (AvgIpc) is 2.27. The first-order valence-electron chi connectivity index (χ1n) is 4.81. The molecule has 1 aromatic carbocycles. The predicted molar refractivity (Wildman–Crippen MR) is 61.7 cm³/mol. The molecule has 0 aliphatic rings. The lowest BCUT2D eigenvalue weighted by molar-refractivity contribution is 0.201. The molecule has 0 atom stereocenters. The fourth-order valence-electron chi connectivity index (χ4n) is 1.13. The molecule has 0 amide bonds. The smallest absolute Gasteiger partial charge is 0.118 e. The molecule has 1 aromatic rings. The van der Waals surface area contributed by atoms with Gasteiger partial charge in [0.05, 0.1) is 12.9 Å². The van der Waals surface area contributed by atoms with E-state index < -0.39 is 0 Å². The van der Waals surface area contributed by atoms with Crippen LogP contribution >= 0.6 is 0 Å². The number of hydrogen-bond acceptors (Lipinski definition) is 2. The van der Waals surface area contributed by atoms with Gasteiger partial charge in [0, 0.05) is 0 Å². The SMILES string of the molecule is C=C/C=C(\C)OCc1ccc(OC)cc1. The lowest BCUT2D eigenvalue weighted by atomic mass is 10.2. The molecule has 0 radical (unpaired) electrons. The van der Waals surface area contributed by atoms with E-state index in [1.807, 2.05) is 37.3 Å². The molecule has 0 heterocycles. The van der Waals surface area contributed by atoms with Crippen LogP contribution in [0.1, 0.15) is 12.5 Å². The minimum Gasteiger partial charge on any atom is -0.497 e. The summed E-state index contributed by atoms with van der Waals surface area (Å²) in [7, 11) is 1.66. The van der Waals surface area contributed by atoms with E-state index in [1.165, 1.54) is 0 Å². The Hall–Kier alpha value is -1.70. The summed E-state index contributed by atoms with van der Waals surface area (Å²) in [4.78, 5) is 0. The summed E-state index contributed by atoms with van der Waals surface area (Å²) in [5.41, 5.74) is 1.12. The molecule has 2 nitrogen and oxygen atoms in total. The van der Waals surface area contributed by atoms with Crippen LogP contribution in [0.2, 0.25) is 0 Å². The van der Waals surface area contributed by atoms with Crippen molar-refractivity contribution in [3.63, 3.8) is 0 Å². The highest BCUT2D eigenvalue weighted by Crippen LogP contribution is 2.12. The van der Waals surface area contributed by atoms with E-state index in [9.17, 15) is 0 Å². The highest BCUT2D eigenvalue weighted by molar-refractivity contribution is 5.26. The maximum atomic E-state index is 5.49. The highest BCUT2D eigenvalue weighted by Gasteiger charge is 1.95. The van der Waals surface area contributed by atoms with Crippen molar-refractivity contribution in [1.82, 2.24) is 0 Å². The van der Waals surface area contributed by atoms with Crippen LogP contribution in [0.5, 0.6) is 5.75 Å². The Balaban J connectivity index is 2.51. The maximum absolute atomic E-state index is 5.49. The zero-order valence-electron chi connectivity index (χ0n) is 9.19. The van der Waals surface area contributed by atoms with Crippen molar-refractivity contribution in [2.75, 3.05) is 7.11 Å². The highest BCUT2D eigenvalue weighted by atomic mass is 16.5. The lowest BCUT2D eigenvalue weighted by Gasteiger charge is -2.06. The molecule has 0 spiro atoms. The molecule has 0 saturated carbocycles. The topological polar surface area (TPSA) is 18.5 Å². The van der Waals surface area contributed by atoms with Crippen molar-refractivity contribution in [3.05, 3.63) is 54.3 Å². The molecule has 0 aliphatic carbocycles. The van der Waals surface area contributed by atoms with Gasteiger partial charge in [-0.25, -0.2) is 0 Å². The fraction of sp³-hybridized carbons (Fsp3) is 0.231. The van der Waals surface area contributed by atoms with Crippen LogP contribution in [0.4, 0.5) is 0 Å². The van der Waals surface area contributed by atoms with Gasteiger partial charge in [-0.1, -0.05) is 24.8 Å². The zero-order valence-corrected chi connectivity index (χ0v) is 9.19. The first-order valence-corrected chi connectivity index (χ1v) is 4.81. The van der Waals surface area contributed by atoms with Crippen molar-refractivity contribution >= 4 is 0 Å². The van der Waals surface area contributed by atoms with Crippen LogP contribution in [0.3, 0.4) is 0 Å². The second-order valence-corrected chi connectivity index (χ2v) is 3.15. The standard InChI is InChI=1S/C13H16O2/c1-4-5-11(2)15-10-12-6-8-13(14-3)9-7-12/h4-9H,1,10H2,2-3H3/b11-5+. The third kappa shape index (κ3) is 3.90. The summed E-state index contributed by atoms with van der Waals surface area (Å²) in [6.45, 7) is 6.08. The summed E-state index contributed by atoms with van der Waals surface area (Å²) in [6, 6.07) is 7.82. The van der Waals surface area contributed by atoms with E-state index in [1.54, 1.807) is 13.2 Å². The van der Waals surface area contributed by atoms with Gasteiger partial charge >= 0.3 is 0 Å². The Bertz CT molecular complexity index is 336. The molecule has 80 valence electrons. The second kappa shape index (κ2) is 5.91. The Morgan fingerprint density at radius 1 is 1.33 bits per heavy atom. The fourth-order valence-corrected chi connectivity index (χ4v) is 1.13. The number of hydrogen-bond donors (Lipinski definition) is 0. The van der Waals surface area contributed by atoms with Gasteiger partial charge in [-0.3, -0.25) is 0 Å². The van der Waals surface area contributed by atoms with E-state index in [0.717, 1.165) is 17.1 Å². The zero-order chi connectivity index (χ0) is 11.1. The first kappa shape index (κ1) is 11.4. The van der Waals surface area contributed by atoms with Crippen molar-refractivity contribution in [2.24, 2.45) is 0 Å². The van der Waals surface area contributed by atoms with Gasteiger partial charge in [0.15, 0.2) is 0 Å². The quantitative estimate of drug-likeness (QED) is 0.541. The molecule has 0 N–H and O–H groups in total. The van der Waals surface area contributed by atoms with Crippen molar-refractivity contribution in [1.29, 1.82) is 0 Å². The summed E-state index contributed by atoms with van der Waals surface area (Å²) in [5, 5.41) is 0.